The van der Waals surface area contributed by atoms with Crippen molar-refractivity contribution in [2.75, 3.05) is 25.7 Å². The lowest BCUT2D eigenvalue weighted by Gasteiger charge is -2.19. The highest BCUT2D eigenvalue weighted by Gasteiger charge is 2.24. The molecule has 2 aromatic rings. The number of para-hydroxylation sites is 1. The average Bonchev–Trinajstić information content (AvgIpc) is 3.20. The summed E-state index contributed by atoms with van der Waals surface area (Å²) in [5, 5.41) is 0. The summed E-state index contributed by atoms with van der Waals surface area (Å²) >= 11 is 0. The number of hydrogen-bond acceptors (Lipinski definition) is 5. The van der Waals surface area contributed by atoms with Crippen LogP contribution in [0, 0.1) is 0 Å². The Hall–Kier alpha value is -2.82. The summed E-state index contributed by atoms with van der Waals surface area (Å²) in [4.78, 5) is 18.5. The van der Waals surface area contributed by atoms with Crippen LogP contribution in [0.1, 0.15) is 76.2 Å². The lowest BCUT2D eigenvalue weighted by Crippen LogP contribution is -2.28. The van der Waals surface area contributed by atoms with Crippen LogP contribution in [-0.2, 0) is 6.42 Å². The Bertz CT molecular complexity index is 864. The summed E-state index contributed by atoms with van der Waals surface area (Å²) in [6.45, 7) is 10.8. The molecule has 5 heteroatoms. The number of ether oxygens (including phenoxy) is 2. The number of hydrogen-bond donors (Lipinski definition) is 0. The fraction of sp³-hybridized carbons (Fsp3) is 0.500. The standard InChI is InChI=1S/C24H30N2O3.2C2H6/c1-4-5-6-9-12-29-24-15-21(19(17-27)14-23(24)28-3)25-16-20-13-18-10-7-8-11-22(18)26(20)2;2*1-2/h7-8,10-11,14-17,20H,4-6,9,12-13H2,1-3H3;2*1-2H3. The molecule has 1 aliphatic rings. The number of fused-ring (bicyclic) bond motifs is 1. The van der Waals surface area contributed by atoms with E-state index in [0.717, 1.165) is 25.5 Å². The summed E-state index contributed by atoms with van der Waals surface area (Å²) in [7, 11) is 3.66. The molecule has 3 rings (SSSR count). The number of rotatable bonds is 10. The van der Waals surface area contributed by atoms with Crippen molar-refractivity contribution in [2.45, 2.75) is 72.8 Å². The topological polar surface area (TPSA) is 51.1 Å². The fourth-order valence-corrected chi connectivity index (χ4v) is 3.64. The van der Waals surface area contributed by atoms with Gasteiger partial charge in [-0.2, -0.15) is 0 Å². The second kappa shape index (κ2) is 15.9. The molecule has 0 radical (unpaired) electrons. The van der Waals surface area contributed by atoms with E-state index in [0.29, 0.717) is 29.4 Å². The van der Waals surface area contributed by atoms with E-state index in [2.05, 4.69) is 42.1 Å². The summed E-state index contributed by atoms with van der Waals surface area (Å²) in [5.41, 5.74) is 3.64. The first-order chi connectivity index (χ1) is 16.2. The molecule has 1 atom stereocenters. The van der Waals surface area contributed by atoms with Gasteiger partial charge < -0.3 is 14.4 Å². The number of anilines is 1. The van der Waals surface area contributed by atoms with Crippen LogP contribution in [0.4, 0.5) is 11.4 Å². The molecule has 33 heavy (non-hydrogen) atoms. The maximum Gasteiger partial charge on any atom is 0.163 e. The quantitative estimate of drug-likeness (QED) is 0.215. The minimum atomic E-state index is 0.160. The van der Waals surface area contributed by atoms with E-state index in [4.69, 9.17) is 9.47 Å². The van der Waals surface area contributed by atoms with E-state index in [1.807, 2.05) is 40.0 Å². The molecule has 1 heterocycles. The van der Waals surface area contributed by atoms with Gasteiger partial charge in [0.2, 0.25) is 0 Å². The third kappa shape index (κ3) is 7.92. The van der Waals surface area contributed by atoms with Gasteiger partial charge in [-0.25, -0.2) is 0 Å². The number of aldehydes is 1. The predicted molar refractivity (Wildman–Crippen MR) is 141 cm³/mol. The summed E-state index contributed by atoms with van der Waals surface area (Å²) in [5.74, 6) is 1.19. The number of likely N-dealkylation sites (N-methyl/N-ethyl adjacent to an activating group) is 1. The first kappa shape index (κ1) is 28.2. The van der Waals surface area contributed by atoms with Gasteiger partial charge in [0, 0.05) is 30.6 Å². The Morgan fingerprint density at radius 1 is 1.06 bits per heavy atom. The first-order valence-electron chi connectivity index (χ1n) is 12.3. The Labute approximate surface area is 200 Å². The molecule has 0 aliphatic carbocycles. The van der Waals surface area contributed by atoms with Gasteiger partial charge >= 0.3 is 0 Å². The van der Waals surface area contributed by atoms with Crippen molar-refractivity contribution in [3.05, 3.63) is 47.5 Å². The molecule has 0 N–H and O–H groups in total. The van der Waals surface area contributed by atoms with Crippen molar-refractivity contribution in [1.29, 1.82) is 0 Å². The number of carbonyl (C=O) groups excluding carboxylic acids is 1. The molecule has 1 unspecified atom stereocenters. The molecule has 1 aliphatic heterocycles. The molecule has 0 amide bonds. The number of methoxy groups -OCH3 is 1. The second-order valence-electron chi connectivity index (χ2n) is 7.38. The monoisotopic (exact) mass is 454 g/mol. The van der Waals surface area contributed by atoms with Crippen LogP contribution < -0.4 is 14.4 Å². The van der Waals surface area contributed by atoms with Crippen LogP contribution in [0.15, 0.2) is 41.4 Å². The highest BCUT2D eigenvalue weighted by atomic mass is 16.5. The van der Waals surface area contributed by atoms with Crippen LogP contribution >= 0.6 is 0 Å². The van der Waals surface area contributed by atoms with Gasteiger partial charge in [0.05, 0.1) is 25.4 Å². The normalized spacial score (nSPS) is 14.0. The Balaban J connectivity index is 0.00000129. The van der Waals surface area contributed by atoms with Crippen molar-refractivity contribution >= 4 is 23.9 Å². The van der Waals surface area contributed by atoms with Crippen molar-refractivity contribution in [3.8, 4) is 11.5 Å². The minimum absolute atomic E-state index is 0.160. The molecule has 5 nitrogen and oxygen atoms in total. The van der Waals surface area contributed by atoms with Gasteiger partial charge in [0.1, 0.15) is 0 Å². The van der Waals surface area contributed by atoms with Crippen molar-refractivity contribution in [3.63, 3.8) is 0 Å². The summed E-state index contributed by atoms with van der Waals surface area (Å²) in [6.07, 6.45) is 8.17. The van der Waals surface area contributed by atoms with Crippen LogP contribution in [0.3, 0.4) is 0 Å². The van der Waals surface area contributed by atoms with Crippen LogP contribution in [0.5, 0.6) is 11.5 Å². The number of benzene rings is 2. The number of aliphatic imine (C=N–C) groups is 1. The third-order valence-electron chi connectivity index (χ3n) is 5.38. The average molecular weight is 455 g/mol. The van der Waals surface area contributed by atoms with E-state index >= 15 is 0 Å². The molecule has 0 spiro atoms. The van der Waals surface area contributed by atoms with Crippen LogP contribution in [-0.4, -0.2) is 39.3 Å². The molecule has 182 valence electrons. The maximum absolute atomic E-state index is 11.6. The largest absolute Gasteiger partial charge is 0.493 e. The van der Waals surface area contributed by atoms with Gasteiger partial charge in [-0.15, -0.1) is 0 Å². The van der Waals surface area contributed by atoms with Crippen LogP contribution in [0.2, 0.25) is 0 Å². The van der Waals surface area contributed by atoms with Gasteiger partial charge in [-0.1, -0.05) is 72.1 Å². The van der Waals surface area contributed by atoms with Crippen molar-refractivity contribution < 1.29 is 14.3 Å². The number of carbonyl (C=O) groups is 1. The minimum Gasteiger partial charge on any atom is -0.493 e. The predicted octanol–water partition coefficient (Wildman–Crippen LogP) is 7.28. The van der Waals surface area contributed by atoms with E-state index < -0.39 is 0 Å². The SMILES string of the molecule is CC.CC.CCCCCCOc1cc(N=CC2Cc3ccccc3N2C)c(C=O)cc1OC. The Morgan fingerprint density at radius 3 is 2.42 bits per heavy atom. The lowest BCUT2D eigenvalue weighted by molar-refractivity contribution is 0.112. The summed E-state index contributed by atoms with van der Waals surface area (Å²) < 4.78 is 11.3. The highest BCUT2D eigenvalue weighted by molar-refractivity contribution is 5.88. The van der Waals surface area contributed by atoms with E-state index in [-0.39, 0.29) is 6.04 Å². The zero-order chi connectivity index (χ0) is 24.6. The van der Waals surface area contributed by atoms with Crippen molar-refractivity contribution in [1.82, 2.24) is 0 Å². The summed E-state index contributed by atoms with van der Waals surface area (Å²) in [6, 6.07) is 12.0. The van der Waals surface area contributed by atoms with E-state index in [1.54, 1.807) is 19.2 Å². The van der Waals surface area contributed by atoms with Gasteiger partial charge in [0.25, 0.3) is 0 Å². The van der Waals surface area contributed by atoms with E-state index in [1.165, 1.54) is 24.1 Å². The first-order valence-corrected chi connectivity index (χ1v) is 12.3. The second-order valence-corrected chi connectivity index (χ2v) is 7.38. The molecular weight excluding hydrogens is 412 g/mol. The lowest BCUT2D eigenvalue weighted by atomic mass is 10.1. The van der Waals surface area contributed by atoms with Crippen molar-refractivity contribution in [2.24, 2.45) is 4.99 Å². The zero-order valence-electron chi connectivity index (χ0n) is 21.6. The van der Waals surface area contributed by atoms with Crippen LogP contribution in [0.25, 0.3) is 0 Å². The Kier molecular flexibility index (Phi) is 13.6. The molecule has 0 fully saturated rings. The molecule has 0 saturated carbocycles. The maximum atomic E-state index is 11.6. The van der Waals surface area contributed by atoms with E-state index in [9.17, 15) is 4.79 Å². The molecule has 0 bridgehead atoms. The highest BCUT2D eigenvalue weighted by Crippen LogP contribution is 2.35. The molecule has 0 saturated heterocycles. The number of unbranched alkanes of at least 4 members (excludes halogenated alkanes) is 3. The smallest absolute Gasteiger partial charge is 0.163 e. The third-order valence-corrected chi connectivity index (χ3v) is 5.38. The Morgan fingerprint density at radius 2 is 1.79 bits per heavy atom. The van der Waals surface area contributed by atoms with Gasteiger partial charge in [-0.05, 0) is 30.5 Å². The van der Waals surface area contributed by atoms with Gasteiger partial charge in [0.15, 0.2) is 17.8 Å². The number of nitrogens with zero attached hydrogens (tertiary/aromatic N) is 2. The van der Waals surface area contributed by atoms with Gasteiger partial charge in [-0.3, -0.25) is 9.79 Å². The molecule has 2 aromatic carbocycles. The fourth-order valence-electron chi connectivity index (χ4n) is 3.64. The molecular formula is C28H42N2O3. The zero-order valence-corrected chi connectivity index (χ0v) is 21.6. The molecule has 0 aromatic heterocycles.